The third kappa shape index (κ3) is 4.28. The summed E-state index contributed by atoms with van der Waals surface area (Å²) < 4.78 is 12.9. The Morgan fingerprint density at radius 1 is 1.14 bits per heavy atom. The Hall–Kier alpha value is -2.99. The zero-order chi connectivity index (χ0) is 19.3. The third-order valence-corrected chi connectivity index (χ3v) is 4.74. The molecular weight excluding hydrogens is 378 g/mol. The van der Waals surface area contributed by atoms with Crippen molar-refractivity contribution in [2.45, 2.75) is 12.8 Å². The summed E-state index contributed by atoms with van der Waals surface area (Å²) >= 11 is 6.22. The molecule has 1 aromatic heterocycles. The second kappa shape index (κ2) is 8.35. The molecule has 0 atom stereocenters. The average Bonchev–Trinajstić information content (AvgIpc) is 3.23. The van der Waals surface area contributed by atoms with Crippen molar-refractivity contribution < 1.29 is 14.3 Å². The monoisotopic (exact) mass is 397 g/mol. The maximum Gasteiger partial charge on any atom is 0.224 e. The molecule has 0 spiro atoms. The summed E-state index contributed by atoms with van der Waals surface area (Å²) in [7, 11) is 0. The van der Waals surface area contributed by atoms with Gasteiger partial charge in [-0.05, 0) is 47.9 Å². The van der Waals surface area contributed by atoms with Gasteiger partial charge in [-0.1, -0.05) is 23.7 Å². The topological polar surface area (TPSA) is 65.4 Å². The molecule has 0 unspecified atom stereocenters. The highest BCUT2D eigenvalue weighted by atomic mass is 35.5. The average molecular weight is 398 g/mol. The number of ether oxygens (including phenoxy) is 2. The van der Waals surface area contributed by atoms with Gasteiger partial charge in [-0.25, -0.2) is 4.68 Å². The summed E-state index contributed by atoms with van der Waals surface area (Å²) in [5.74, 6) is 1.09. The molecular formula is C21H20ClN3O3. The SMILES string of the molecule is O=C(Cc1cc(Cl)c2c(c1)OCCO2)NCCc1ccc(-n2cccn2)cc1. The Kier molecular flexibility index (Phi) is 5.48. The number of nitrogens with zero attached hydrogens (tertiary/aromatic N) is 2. The van der Waals surface area contributed by atoms with Crippen molar-refractivity contribution >= 4 is 17.5 Å². The lowest BCUT2D eigenvalue weighted by atomic mass is 10.1. The predicted octanol–water partition coefficient (Wildman–Crippen LogP) is 3.20. The highest BCUT2D eigenvalue weighted by Gasteiger charge is 2.17. The van der Waals surface area contributed by atoms with Gasteiger partial charge in [0, 0.05) is 18.9 Å². The summed E-state index contributed by atoms with van der Waals surface area (Å²) in [6, 6.07) is 13.6. The fourth-order valence-corrected chi connectivity index (χ4v) is 3.39. The highest BCUT2D eigenvalue weighted by molar-refractivity contribution is 6.32. The smallest absolute Gasteiger partial charge is 0.224 e. The fraction of sp³-hybridized carbons (Fsp3) is 0.238. The lowest BCUT2D eigenvalue weighted by molar-refractivity contribution is -0.120. The second-order valence-electron chi connectivity index (χ2n) is 6.50. The molecule has 6 nitrogen and oxygen atoms in total. The van der Waals surface area contributed by atoms with Crippen LogP contribution in [0.15, 0.2) is 54.9 Å². The molecule has 144 valence electrons. The molecule has 1 N–H and O–H groups in total. The van der Waals surface area contributed by atoms with Gasteiger partial charge >= 0.3 is 0 Å². The van der Waals surface area contributed by atoms with Crippen LogP contribution in [0.25, 0.3) is 5.69 Å². The Morgan fingerprint density at radius 3 is 2.75 bits per heavy atom. The van der Waals surface area contributed by atoms with E-state index in [0.717, 1.165) is 23.2 Å². The van der Waals surface area contributed by atoms with Crippen LogP contribution < -0.4 is 14.8 Å². The second-order valence-corrected chi connectivity index (χ2v) is 6.90. The molecule has 2 heterocycles. The van der Waals surface area contributed by atoms with Crippen molar-refractivity contribution in [1.82, 2.24) is 15.1 Å². The van der Waals surface area contributed by atoms with Crippen molar-refractivity contribution in [2.75, 3.05) is 19.8 Å². The van der Waals surface area contributed by atoms with E-state index in [4.69, 9.17) is 21.1 Å². The first-order valence-electron chi connectivity index (χ1n) is 9.13. The van der Waals surface area contributed by atoms with E-state index in [9.17, 15) is 4.79 Å². The number of aromatic nitrogens is 2. The molecule has 2 aromatic carbocycles. The number of rotatable bonds is 6. The van der Waals surface area contributed by atoms with Gasteiger partial charge < -0.3 is 14.8 Å². The molecule has 28 heavy (non-hydrogen) atoms. The number of carbonyl (C=O) groups is 1. The minimum atomic E-state index is -0.0547. The van der Waals surface area contributed by atoms with Crippen LogP contribution in [0, 0.1) is 0 Å². The van der Waals surface area contributed by atoms with Gasteiger partial charge in [-0.2, -0.15) is 5.10 Å². The molecule has 0 fully saturated rings. The van der Waals surface area contributed by atoms with Crippen molar-refractivity contribution in [2.24, 2.45) is 0 Å². The van der Waals surface area contributed by atoms with Gasteiger partial charge in [0.2, 0.25) is 5.91 Å². The number of hydrogen-bond acceptors (Lipinski definition) is 4. The molecule has 0 aliphatic carbocycles. The van der Waals surface area contributed by atoms with Crippen molar-refractivity contribution in [3.05, 3.63) is 71.0 Å². The number of halogens is 1. The summed E-state index contributed by atoms with van der Waals surface area (Å²) in [6.07, 6.45) is 4.65. The number of nitrogens with one attached hydrogen (secondary N) is 1. The van der Waals surface area contributed by atoms with Crippen molar-refractivity contribution in [1.29, 1.82) is 0 Å². The number of amides is 1. The highest BCUT2D eigenvalue weighted by Crippen LogP contribution is 2.38. The Morgan fingerprint density at radius 2 is 1.96 bits per heavy atom. The van der Waals surface area contributed by atoms with Gasteiger partial charge in [0.05, 0.1) is 17.1 Å². The van der Waals surface area contributed by atoms with E-state index in [0.29, 0.717) is 36.3 Å². The molecule has 1 aliphatic heterocycles. The van der Waals surface area contributed by atoms with E-state index in [1.54, 1.807) is 12.3 Å². The first-order chi connectivity index (χ1) is 13.7. The Bertz CT molecular complexity index is 956. The molecule has 0 saturated heterocycles. The van der Waals surface area contributed by atoms with E-state index >= 15 is 0 Å². The van der Waals surface area contributed by atoms with Gasteiger partial charge in [0.15, 0.2) is 11.5 Å². The zero-order valence-corrected chi connectivity index (χ0v) is 16.0. The zero-order valence-electron chi connectivity index (χ0n) is 15.2. The van der Waals surface area contributed by atoms with Crippen LogP contribution in [0.2, 0.25) is 5.02 Å². The van der Waals surface area contributed by atoms with Crippen LogP contribution in [0.1, 0.15) is 11.1 Å². The van der Waals surface area contributed by atoms with Crippen LogP contribution in [0.4, 0.5) is 0 Å². The Balaban J connectivity index is 1.28. The summed E-state index contributed by atoms with van der Waals surface area (Å²) in [5, 5.41) is 7.63. The van der Waals surface area contributed by atoms with E-state index < -0.39 is 0 Å². The van der Waals surface area contributed by atoms with Crippen molar-refractivity contribution in [3.63, 3.8) is 0 Å². The molecule has 1 aliphatic rings. The first kappa shape index (κ1) is 18.4. The first-order valence-corrected chi connectivity index (χ1v) is 9.50. The molecule has 4 rings (SSSR count). The van der Waals surface area contributed by atoms with Crippen LogP contribution >= 0.6 is 11.6 Å². The van der Waals surface area contributed by atoms with Gasteiger partial charge in [0.25, 0.3) is 0 Å². The summed E-state index contributed by atoms with van der Waals surface area (Å²) in [4.78, 5) is 12.3. The summed E-state index contributed by atoms with van der Waals surface area (Å²) in [6.45, 7) is 1.53. The van der Waals surface area contributed by atoms with E-state index in [1.807, 2.05) is 47.3 Å². The maximum absolute atomic E-state index is 12.3. The molecule has 1 amide bonds. The van der Waals surface area contributed by atoms with Crippen LogP contribution in [0.3, 0.4) is 0 Å². The molecule has 0 radical (unpaired) electrons. The quantitative estimate of drug-likeness (QED) is 0.693. The van der Waals surface area contributed by atoms with Crippen LogP contribution in [-0.4, -0.2) is 35.4 Å². The van der Waals surface area contributed by atoms with Gasteiger partial charge in [-0.3, -0.25) is 4.79 Å². The van der Waals surface area contributed by atoms with Gasteiger partial charge in [0.1, 0.15) is 13.2 Å². The lowest BCUT2D eigenvalue weighted by Gasteiger charge is -2.20. The third-order valence-electron chi connectivity index (χ3n) is 4.46. The largest absolute Gasteiger partial charge is 0.486 e. The van der Waals surface area contributed by atoms with Crippen LogP contribution in [-0.2, 0) is 17.6 Å². The minimum absolute atomic E-state index is 0.0547. The standard InChI is InChI=1S/C21H20ClN3O3/c22-18-12-16(13-19-21(18)28-11-10-27-19)14-20(26)23-8-6-15-2-4-17(5-3-15)25-9-1-7-24-25/h1-5,7,9,12-13H,6,8,10-11,14H2,(H,23,26). The van der Waals surface area contributed by atoms with Gasteiger partial charge in [-0.15, -0.1) is 0 Å². The molecule has 3 aromatic rings. The lowest BCUT2D eigenvalue weighted by Crippen LogP contribution is -2.27. The van der Waals surface area contributed by atoms with Crippen molar-refractivity contribution in [3.8, 4) is 17.2 Å². The number of carbonyl (C=O) groups excluding carboxylic acids is 1. The van der Waals surface area contributed by atoms with E-state index in [1.165, 1.54) is 0 Å². The molecule has 0 saturated carbocycles. The maximum atomic E-state index is 12.3. The minimum Gasteiger partial charge on any atom is -0.486 e. The van der Waals surface area contributed by atoms with E-state index in [2.05, 4.69) is 10.4 Å². The predicted molar refractivity (Wildman–Crippen MR) is 106 cm³/mol. The van der Waals surface area contributed by atoms with E-state index in [-0.39, 0.29) is 12.3 Å². The number of hydrogen-bond donors (Lipinski definition) is 1. The number of benzene rings is 2. The van der Waals surface area contributed by atoms with Crippen LogP contribution in [0.5, 0.6) is 11.5 Å². The normalized spacial score (nSPS) is 12.6. The Labute approximate surface area is 168 Å². The number of fused-ring (bicyclic) bond motifs is 1. The molecule has 0 bridgehead atoms. The molecule has 7 heteroatoms. The summed E-state index contributed by atoms with van der Waals surface area (Å²) in [5.41, 5.74) is 2.96. The fourth-order valence-electron chi connectivity index (χ4n) is 3.10.